The van der Waals surface area contributed by atoms with E-state index in [2.05, 4.69) is 20.7 Å². The molecule has 4 aromatic carbocycles. The van der Waals surface area contributed by atoms with Gasteiger partial charge < -0.3 is 4.74 Å². The lowest BCUT2D eigenvalue weighted by Gasteiger charge is -2.10. The number of amides is 1. The van der Waals surface area contributed by atoms with Gasteiger partial charge in [-0.05, 0) is 54.4 Å². The Morgan fingerprint density at radius 2 is 1.59 bits per heavy atom. The van der Waals surface area contributed by atoms with E-state index in [-0.39, 0.29) is 11.7 Å². The van der Waals surface area contributed by atoms with E-state index < -0.39 is 0 Å². The molecule has 7 nitrogen and oxygen atoms in total. The molecule has 0 fully saturated rings. The highest BCUT2D eigenvalue weighted by Gasteiger charge is 2.17. The van der Waals surface area contributed by atoms with Crippen LogP contribution >= 0.6 is 11.8 Å². The van der Waals surface area contributed by atoms with Crippen LogP contribution in [0.25, 0.3) is 17.1 Å². The maximum atomic E-state index is 12.5. The number of hydrogen-bond donors (Lipinski definition) is 1. The summed E-state index contributed by atoms with van der Waals surface area (Å²) < 4.78 is 7.78. The maximum Gasteiger partial charge on any atom is 0.250 e. The summed E-state index contributed by atoms with van der Waals surface area (Å²) >= 11 is 1.31. The lowest BCUT2D eigenvalue weighted by molar-refractivity contribution is -0.118. The number of nitrogens with one attached hydrogen (secondary N) is 1. The molecule has 0 radical (unpaired) electrons. The summed E-state index contributed by atoms with van der Waals surface area (Å²) in [6.07, 6.45) is 1.60. The third-order valence-corrected chi connectivity index (χ3v) is 6.75. The lowest BCUT2D eigenvalue weighted by Crippen LogP contribution is -2.20. The number of carbonyl (C=O) groups excluding carboxylic acids is 1. The van der Waals surface area contributed by atoms with Crippen LogP contribution in [0, 0.1) is 6.92 Å². The number of aromatic nitrogens is 3. The molecule has 8 heteroatoms. The quantitative estimate of drug-likeness (QED) is 0.134. The molecule has 1 N–H and O–H groups in total. The zero-order valence-electron chi connectivity index (χ0n) is 21.4. The Bertz CT molecular complexity index is 1530. The van der Waals surface area contributed by atoms with Crippen molar-refractivity contribution < 1.29 is 9.53 Å². The Hall–Kier alpha value is -4.69. The Balaban J connectivity index is 1.18. The Morgan fingerprint density at radius 1 is 0.897 bits per heavy atom. The van der Waals surface area contributed by atoms with E-state index in [1.807, 2.05) is 121 Å². The van der Waals surface area contributed by atoms with Crippen molar-refractivity contribution in [3.8, 4) is 22.8 Å². The number of thioether (sulfide) groups is 1. The van der Waals surface area contributed by atoms with Gasteiger partial charge in [-0.25, -0.2) is 5.43 Å². The first-order chi connectivity index (χ1) is 19.2. The first-order valence-electron chi connectivity index (χ1n) is 12.4. The molecule has 0 aliphatic rings. The molecule has 5 rings (SSSR count). The van der Waals surface area contributed by atoms with Crippen molar-refractivity contribution in [3.05, 3.63) is 126 Å². The summed E-state index contributed by atoms with van der Waals surface area (Å²) in [4.78, 5) is 12.5. The van der Waals surface area contributed by atoms with E-state index in [9.17, 15) is 4.79 Å². The number of carbonyl (C=O) groups is 1. The van der Waals surface area contributed by atoms with Gasteiger partial charge >= 0.3 is 0 Å². The molecule has 0 aliphatic carbocycles. The maximum absolute atomic E-state index is 12.5. The van der Waals surface area contributed by atoms with Gasteiger partial charge in [0.25, 0.3) is 5.91 Å². The van der Waals surface area contributed by atoms with Crippen LogP contribution < -0.4 is 10.2 Å². The van der Waals surface area contributed by atoms with Crippen LogP contribution in [0.5, 0.6) is 5.75 Å². The van der Waals surface area contributed by atoms with Crippen molar-refractivity contribution in [1.82, 2.24) is 20.2 Å². The van der Waals surface area contributed by atoms with Gasteiger partial charge in [0.2, 0.25) is 0 Å². The molecule has 39 heavy (non-hydrogen) atoms. The summed E-state index contributed by atoms with van der Waals surface area (Å²) in [5, 5.41) is 13.5. The first kappa shape index (κ1) is 25.9. The fraction of sp³-hybridized carbons (Fsp3) is 0.0968. The number of benzene rings is 4. The highest BCUT2D eigenvalue weighted by Crippen LogP contribution is 2.28. The normalized spacial score (nSPS) is 11.0. The van der Waals surface area contributed by atoms with E-state index in [1.54, 1.807) is 6.21 Å². The van der Waals surface area contributed by atoms with E-state index in [0.717, 1.165) is 39.5 Å². The standard InChI is InChI=1S/C31H27N5O2S/c1-23-12-16-27(17-13-23)36-30(26-10-6-3-7-11-26)34-35-31(36)39-22-29(37)33-32-20-24-14-18-28(19-15-24)38-21-25-8-4-2-5-9-25/h2-20H,21-22H2,1H3,(H,33,37)/b32-20+. The predicted molar refractivity (Wildman–Crippen MR) is 155 cm³/mol. The zero-order chi connectivity index (χ0) is 26.9. The molecule has 0 spiro atoms. The fourth-order valence-electron chi connectivity index (χ4n) is 3.80. The molecule has 194 valence electrons. The van der Waals surface area contributed by atoms with Gasteiger partial charge in [0, 0.05) is 11.3 Å². The minimum absolute atomic E-state index is 0.141. The molecule has 0 unspecified atom stereocenters. The Labute approximate surface area is 231 Å². The number of hydrogen-bond acceptors (Lipinski definition) is 6. The molecule has 1 aromatic heterocycles. The molecule has 0 saturated carbocycles. The van der Waals surface area contributed by atoms with Gasteiger partial charge in [0.05, 0.1) is 12.0 Å². The van der Waals surface area contributed by atoms with Gasteiger partial charge in [-0.1, -0.05) is 90.1 Å². The zero-order valence-corrected chi connectivity index (χ0v) is 22.2. The first-order valence-corrected chi connectivity index (χ1v) is 13.4. The van der Waals surface area contributed by atoms with Gasteiger partial charge in [0.15, 0.2) is 11.0 Å². The van der Waals surface area contributed by atoms with Crippen LogP contribution in [-0.4, -0.2) is 32.6 Å². The second kappa shape index (κ2) is 12.7. The van der Waals surface area contributed by atoms with Crippen molar-refractivity contribution in [3.63, 3.8) is 0 Å². The number of aryl methyl sites for hydroxylation is 1. The smallest absolute Gasteiger partial charge is 0.250 e. The SMILES string of the molecule is Cc1ccc(-n2c(SCC(=O)N/N=C/c3ccc(OCc4ccccc4)cc3)nnc2-c2ccccc2)cc1. The minimum atomic E-state index is -0.237. The van der Waals surface area contributed by atoms with Crippen molar-refractivity contribution in [2.45, 2.75) is 18.7 Å². The van der Waals surface area contributed by atoms with E-state index >= 15 is 0 Å². The van der Waals surface area contributed by atoms with E-state index in [1.165, 1.54) is 11.8 Å². The van der Waals surface area contributed by atoms with Crippen LogP contribution in [0.4, 0.5) is 0 Å². The summed E-state index contributed by atoms with van der Waals surface area (Å²) in [6, 6.07) is 35.6. The monoisotopic (exact) mass is 533 g/mol. The van der Waals surface area contributed by atoms with Gasteiger partial charge in [-0.15, -0.1) is 10.2 Å². The van der Waals surface area contributed by atoms with Gasteiger partial charge in [0.1, 0.15) is 12.4 Å². The van der Waals surface area contributed by atoms with Crippen LogP contribution in [0.2, 0.25) is 0 Å². The number of nitrogens with zero attached hydrogens (tertiary/aromatic N) is 4. The number of hydrazone groups is 1. The summed E-state index contributed by atoms with van der Waals surface area (Å²) in [5.41, 5.74) is 7.59. The van der Waals surface area contributed by atoms with Crippen molar-refractivity contribution in [1.29, 1.82) is 0 Å². The summed E-state index contributed by atoms with van der Waals surface area (Å²) in [7, 11) is 0. The minimum Gasteiger partial charge on any atom is -0.489 e. The number of ether oxygens (including phenoxy) is 1. The van der Waals surface area contributed by atoms with E-state index in [4.69, 9.17) is 4.74 Å². The molecular formula is C31H27N5O2S. The van der Waals surface area contributed by atoms with Crippen LogP contribution in [0.3, 0.4) is 0 Å². The largest absolute Gasteiger partial charge is 0.489 e. The predicted octanol–water partition coefficient (Wildman–Crippen LogP) is 6.06. The van der Waals surface area contributed by atoms with Crippen molar-refractivity contribution in [2.24, 2.45) is 5.10 Å². The summed E-state index contributed by atoms with van der Waals surface area (Å²) in [6.45, 7) is 2.55. The molecule has 5 aromatic rings. The molecule has 1 amide bonds. The number of rotatable bonds is 10. The topological polar surface area (TPSA) is 81.4 Å². The highest BCUT2D eigenvalue weighted by atomic mass is 32.2. The molecule has 0 aliphatic heterocycles. The molecule has 0 atom stereocenters. The lowest BCUT2D eigenvalue weighted by atomic mass is 10.2. The third kappa shape index (κ3) is 7.00. The molecule has 0 bridgehead atoms. The molecular weight excluding hydrogens is 506 g/mol. The van der Waals surface area contributed by atoms with Gasteiger partial charge in [-0.2, -0.15) is 5.10 Å². The van der Waals surface area contributed by atoms with Gasteiger partial charge in [-0.3, -0.25) is 9.36 Å². The second-order valence-corrected chi connectivity index (χ2v) is 9.71. The van der Waals surface area contributed by atoms with Crippen molar-refractivity contribution in [2.75, 3.05) is 5.75 Å². The van der Waals surface area contributed by atoms with Crippen LogP contribution in [0.15, 0.2) is 119 Å². The molecule has 0 saturated heterocycles. The Kier molecular flexibility index (Phi) is 8.45. The van der Waals surface area contributed by atoms with Crippen LogP contribution in [0.1, 0.15) is 16.7 Å². The molecule has 1 heterocycles. The average Bonchev–Trinajstić information content (AvgIpc) is 3.41. The summed E-state index contributed by atoms with van der Waals surface area (Å²) in [5.74, 6) is 1.39. The highest BCUT2D eigenvalue weighted by molar-refractivity contribution is 7.99. The van der Waals surface area contributed by atoms with Crippen molar-refractivity contribution >= 4 is 23.9 Å². The average molecular weight is 534 g/mol. The fourth-order valence-corrected chi connectivity index (χ4v) is 4.54. The van der Waals surface area contributed by atoms with Crippen LogP contribution in [-0.2, 0) is 11.4 Å². The van der Waals surface area contributed by atoms with E-state index in [0.29, 0.717) is 11.8 Å². The third-order valence-electron chi connectivity index (χ3n) is 5.82. The second-order valence-electron chi connectivity index (χ2n) is 8.77. The Morgan fingerprint density at radius 3 is 2.31 bits per heavy atom.